The smallest absolute Gasteiger partial charge is 0.149 e. The Bertz CT molecular complexity index is 554. The van der Waals surface area contributed by atoms with Gasteiger partial charge in [-0.15, -0.1) is 10.2 Å². The molecule has 1 heterocycles. The van der Waals surface area contributed by atoms with Gasteiger partial charge in [-0.05, 0) is 23.3 Å². The quantitative estimate of drug-likeness (QED) is 0.630. The SMILES string of the molecule is Clc1cc2c(nn1)-c1cccc(Br)c1C2. The van der Waals surface area contributed by atoms with Gasteiger partial charge in [-0.25, -0.2) is 0 Å². The van der Waals surface area contributed by atoms with E-state index in [-0.39, 0.29) is 0 Å². The molecule has 1 aliphatic carbocycles. The zero-order chi connectivity index (χ0) is 10.4. The van der Waals surface area contributed by atoms with Crippen LogP contribution in [0, 0.1) is 0 Å². The van der Waals surface area contributed by atoms with Gasteiger partial charge in [0.25, 0.3) is 0 Å². The van der Waals surface area contributed by atoms with E-state index in [0.29, 0.717) is 5.15 Å². The molecular weight excluding hydrogens is 275 g/mol. The fraction of sp³-hybridized carbons (Fsp3) is 0.0909. The predicted octanol–water partition coefficient (Wildman–Crippen LogP) is 3.46. The Morgan fingerprint density at radius 3 is 3.00 bits per heavy atom. The van der Waals surface area contributed by atoms with Gasteiger partial charge in [-0.2, -0.15) is 0 Å². The first kappa shape index (κ1) is 9.31. The topological polar surface area (TPSA) is 25.8 Å². The Labute approximate surface area is 100 Å². The molecule has 1 aromatic heterocycles. The maximum Gasteiger partial charge on any atom is 0.152 e. The van der Waals surface area contributed by atoms with Gasteiger partial charge in [0.15, 0.2) is 5.15 Å². The molecule has 0 N–H and O–H groups in total. The zero-order valence-corrected chi connectivity index (χ0v) is 10.0. The lowest BCUT2D eigenvalue weighted by molar-refractivity contribution is 1.03. The minimum absolute atomic E-state index is 0.456. The van der Waals surface area contributed by atoms with E-state index in [1.807, 2.05) is 18.2 Å². The molecule has 74 valence electrons. The standard InChI is InChI=1S/C11H6BrClN2/c12-9-3-1-2-7-8(9)4-6-5-10(13)14-15-11(6)7/h1-3,5H,4H2. The molecule has 0 atom stereocenters. The number of aromatic nitrogens is 2. The summed E-state index contributed by atoms with van der Waals surface area (Å²) in [5.41, 5.74) is 4.53. The van der Waals surface area contributed by atoms with E-state index in [1.54, 1.807) is 0 Å². The molecule has 0 bridgehead atoms. The Morgan fingerprint density at radius 2 is 2.13 bits per heavy atom. The average molecular weight is 282 g/mol. The van der Waals surface area contributed by atoms with Crippen molar-refractivity contribution in [2.45, 2.75) is 6.42 Å². The highest BCUT2D eigenvalue weighted by molar-refractivity contribution is 9.10. The summed E-state index contributed by atoms with van der Waals surface area (Å²) < 4.78 is 1.12. The number of rotatable bonds is 0. The van der Waals surface area contributed by atoms with Gasteiger partial charge in [-0.3, -0.25) is 0 Å². The summed E-state index contributed by atoms with van der Waals surface area (Å²) in [5, 5.41) is 8.47. The molecule has 1 aromatic carbocycles. The molecule has 1 aliphatic rings. The first-order valence-corrected chi connectivity index (χ1v) is 5.72. The summed E-state index contributed by atoms with van der Waals surface area (Å²) >= 11 is 9.36. The van der Waals surface area contributed by atoms with E-state index < -0.39 is 0 Å². The van der Waals surface area contributed by atoms with Gasteiger partial charge in [0.2, 0.25) is 0 Å². The van der Waals surface area contributed by atoms with E-state index in [2.05, 4.69) is 32.2 Å². The van der Waals surface area contributed by atoms with Crippen LogP contribution >= 0.6 is 27.5 Å². The van der Waals surface area contributed by atoms with Gasteiger partial charge in [-0.1, -0.05) is 39.7 Å². The third-order valence-electron chi connectivity index (χ3n) is 2.58. The Morgan fingerprint density at radius 1 is 1.27 bits per heavy atom. The van der Waals surface area contributed by atoms with Crippen LogP contribution in [0.15, 0.2) is 28.7 Å². The molecule has 2 aromatic rings. The van der Waals surface area contributed by atoms with Crippen molar-refractivity contribution in [3.8, 4) is 11.3 Å². The van der Waals surface area contributed by atoms with Crippen LogP contribution < -0.4 is 0 Å². The van der Waals surface area contributed by atoms with Crippen LogP contribution in [0.1, 0.15) is 11.1 Å². The number of halogens is 2. The lowest BCUT2D eigenvalue weighted by Gasteiger charge is -1.99. The van der Waals surface area contributed by atoms with Gasteiger partial charge in [0.1, 0.15) is 0 Å². The largest absolute Gasteiger partial charge is 0.152 e. The van der Waals surface area contributed by atoms with Crippen molar-refractivity contribution in [3.05, 3.63) is 45.0 Å². The Hall–Kier alpha value is -0.930. The second kappa shape index (κ2) is 3.29. The van der Waals surface area contributed by atoms with E-state index in [9.17, 15) is 0 Å². The monoisotopic (exact) mass is 280 g/mol. The Balaban J connectivity index is 2.28. The van der Waals surface area contributed by atoms with Gasteiger partial charge in [0, 0.05) is 16.5 Å². The van der Waals surface area contributed by atoms with Crippen LogP contribution in [0.5, 0.6) is 0 Å². The summed E-state index contributed by atoms with van der Waals surface area (Å²) in [6, 6.07) is 8.00. The van der Waals surface area contributed by atoms with Crippen LogP contribution in [0.2, 0.25) is 5.15 Å². The lowest BCUT2D eigenvalue weighted by Crippen LogP contribution is -1.88. The molecule has 0 amide bonds. The van der Waals surface area contributed by atoms with Gasteiger partial charge in [0.05, 0.1) is 5.69 Å². The van der Waals surface area contributed by atoms with E-state index in [1.165, 1.54) is 5.56 Å². The van der Waals surface area contributed by atoms with Crippen molar-refractivity contribution in [1.82, 2.24) is 10.2 Å². The highest BCUT2D eigenvalue weighted by Crippen LogP contribution is 2.38. The highest BCUT2D eigenvalue weighted by Gasteiger charge is 2.22. The molecular formula is C11H6BrClN2. The molecule has 3 rings (SSSR count). The fourth-order valence-electron chi connectivity index (χ4n) is 1.92. The Kier molecular flexibility index (Phi) is 2.04. The third kappa shape index (κ3) is 1.38. The summed E-state index contributed by atoms with van der Waals surface area (Å²) in [6.45, 7) is 0. The normalized spacial score (nSPS) is 12.4. The molecule has 0 spiro atoms. The zero-order valence-electron chi connectivity index (χ0n) is 7.67. The van der Waals surface area contributed by atoms with Gasteiger partial charge < -0.3 is 0 Å². The molecule has 2 nitrogen and oxygen atoms in total. The lowest BCUT2D eigenvalue weighted by atomic mass is 10.1. The minimum atomic E-state index is 0.456. The number of nitrogens with zero attached hydrogens (tertiary/aromatic N) is 2. The van der Waals surface area contributed by atoms with Crippen molar-refractivity contribution in [2.75, 3.05) is 0 Å². The second-order valence-electron chi connectivity index (χ2n) is 3.48. The van der Waals surface area contributed by atoms with Crippen molar-refractivity contribution in [2.24, 2.45) is 0 Å². The molecule has 0 aliphatic heterocycles. The van der Waals surface area contributed by atoms with Crippen LogP contribution in [0.3, 0.4) is 0 Å². The van der Waals surface area contributed by atoms with E-state index >= 15 is 0 Å². The molecule has 0 fully saturated rings. The maximum atomic E-state index is 5.82. The van der Waals surface area contributed by atoms with Crippen LogP contribution in [0.25, 0.3) is 11.3 Å². The summed E-state index contributed by atoms with van der Waals surface area (Å²) in [7, 11) is 0. The van der Waals surface area contributed by atoms with Crippen LogP contribution in [0.4, 0.5) is 0 Å². The fourth-order valence-corrected chi connectivity index (χ4v) is 2.59. The summed E-state index contributed by atoms with van der Waals surface area (Å²) in [5.74, 6) is 0. The predicted molar refractivity (Wildman–Crippen MR) is 63.0 cm³/mol. The van der Waals surface area contributed by atoms with E-state index in [0.717, 1.165) is 27.7 Å². The molecule has 0 saturated heterocycles. The number of hydrogen-bond donors (Lipinski definition) is 0. The third-order valence-corrected chi connectivity index (χ3v) is 3.51. The van der Waals surface area contributed by atoms with E-state index in [4.69, 9.17) is 11.6 Å². The van der Waals surface area contributed by atoms with Gasteiger partial charge >= 0.3 is 0 Å². The maximum absolute atomic E-state index is 5.82. The minimum Gasteiger partial charge on any atom is -0.149 e. The van der Waals surface area contributed by atoms with Crippen molar-refractivity contribution < 1.29 is 0 Å². The molecule has 15 heavy (non-hydrogen) atoms. The number of hydrogen-bond acceptors (Lipinski definition) is 2. The molecule has 4 heteroatoms. The first-order chi connectivity index (χ1) is 7.25. The number of benzene rings is 1. The van der Waals surface area contributed by atoms with Crippen LogP contribution in [-0.4, -0.2) is 10.2 Å². The van der Waals surface area contributed by atoms with Crippen molar-refractivity contribution in [1.29, 1.82) is 0 Å². The van der Waals surface area contributed by atoms with Crippen molar-refractivity contribution in [3.63, 3.8) is 0 Å². The molecule has 0 unspecified atom stereocenters. The summed E-state index contributed by atoms with van der Waals surface area (Å²) in [4.78, 5) is 0. The average Bonchev–Trinajstić information content (AvgIpc) is 2.57. The highest BCUT2D eigenvalue weighted by atomic mass is 79.9. The van der Waals surface area contributed by atoms with Crippen molar-refractivity contribution >= 4 is 27.5 Å². The van der Waals surface area contributed by atoms with Crippen LogP contribution in [-0.2, 0) is 6.42 Å². The summed E-state index contributed by atoms with van der Waals surface area (Å²) in [6.07, 6.45) is 0.876. The second-order valence-corrected chi connectivity index (χ2v) is 4.73. The number of fused-ring (bicyclic) bond motifs is 3. The molecule has 0 saturated carbocycles. The molecule has 0 radical (unpaired) electrons. The first-order valence-electron chi connectivity index (χ1n) is 4.55.